The van der Waals surface area contributed by atoms with Gasteiger partial charge in [-0.3, -0.25) is 15.1 Å². The summed E-state index contributed by atoms with van der Waals surface area (Å²) in [5.41, 5.74) is 0.340. The van der Waals surface area contributed by atoms with Gasteiger partial charge in [-0.15, -0.1) is 10.2 Å². The largest absolute Gasteiger partial charge is 0.505 e. The molecular formula is C16H11N5O5. The topological polar surface area (TPSA) is 147 Å². The minimum Gasteiger partial charge on any atom is -0.505 e. The summed E-state index contributed by atoms with van der Waals surface area (Å²) >= 11 is 0. The van der Waals surface area contributed by atoms with Crippen molar-refractivity contribution in [1.29, 1.82) is 0 Å². The highest BCUT2D eigenvalue weighted by Crippen LogP contribution is 2.24. The van der Waals surface area contributed by atoms with E-state index in [-0.39, 0.29) is 5.88 Å². The molecule has 0 unspecified atom stereocenters. The molecule has 10 heteroatoms. The Labute approximate surface area is 146 Å². The smallest absolute Gasteiger partial charge is 0.411 e. The molecule has 0 fully saturated rings. The van der Waals surface area contributed by atoms with Crippen LogP contribution in [0.1, 0.15) is 10.5 Å². The van der Waals surface area contributed by atoms with Crippen LogP contribution in [0.3, 0.4) is 0 Å². The average Bonchev–Trinajstić information content (AvgIpc) is 2.62. The first-order valence-corrected chi connectivity index (χ1v) is 7.18. The summed E-state index contributed by atoms with van der Waals surface area (Å²) in [7, 11) is 0. The summed E-state index contributed by atoms with van der Waals surface area (Å²) in [4.78, 5) is 29.7. The molecule has 0 aliphatic rings. The fourth-order valence-electron chi connectivity index (χ4n) is 1.98. The number of rotatable bonds is 4. The van der Waals surface area contributed by atoms with Gasteiger partial charge in [0.05, 0.1) is 11.9 Å². The van der Waals surface area contributed by atoms with Crippen LogP contribution in [0.5, 0.6) is 17.4 Å². The Kier molecular flexibility index (Phi) is 4.65. The molecule has 0 saturated carbocycles. The monoisotopic (exact) mass is 353 g/mol. The molecule has 0 aliphatic heterocycles. The van der Waals surface area contributed by atoms with Crippen LogP contribution in [0.15, 0.2) is 48.9 Å². The number of pyridine rings is 2. The van der Waals surface area contributed by atoms with Gasteiger partial charge in [-0.25, -0.2) is 9.78 Å². The van der Waals surface area contributed by atoms with Crippen LogP contribution in [0.25, 0.3) is 11.3 Å². The molecule has 0 saturated heterocycles. The van der Waals surface area contributed by atoms with Gasteiger partial charge in [0, 0.05) is 24.0 Å². The second kappa shape index (κ2) is 7.21. The zero-order valence-corrected chi connectivity index (χ0v) is 13.0. The number of nitrogens with zero attached hydrogens (tertiary/aromatic N) is 4. The molecule has 26 heavy (non-hydrogen) atoms. The van der Waals surface area contributed by atoms with Gasteiger partial charge in [-0.05, 0) is 24.3 Å². The molecule has 0 aliphatic carbocycles. The highest BCUT2D eigenvalue weighted by atomic mass is 16.5. The van der Waals surface area contributed by atoms with Crippen LogP contribution in [-0.4, -0.2) is 42.4 Å². The molecule has 0 radical (unpaired) electrons. The number of hydrogen-bond acceptors (Lipinski definition) is 8. The van der Waals surface area contributed by atoms with E-state index in [1.165, 1.54) is 18.5 Å². The predicted molar refractivity (Wildman–Crippen MR) is 86.7 cm³/mol. The molecule has 2 amide bonds. The van der Waals surface area contributed by atoms with Crippen molar-refractivity contribution in [2.45, 2.75) is 0 Å². The van der Waals surface area contributed by atoms with E-state index < -0.39 is 23.4 Å². The van der Waals surface area contributed by atoms with Gasteiger partial charge in [0.15, 0.2) is 5.69 Å². The summed E-state index contributed by atoms with van der Waals surface area (Å²) in [5.74, 6) is -0.773. The van der Waals surface area contributed by atoms with Crippen LogP contribution in [0.4, 0.5) is 4.79 Å². The summed E-state index contributed by atoms with van der Waals surface area (Å²) in [6.45, 7) is 0. The molecule has 0 bridgehead atoms. The van der Waals surface area contributed by atoms with Crippen molar-refractivity contribution in [3.8, 4) is 28.6 Å². The van der Waals surface area contributed by atoms with Gasteiger partial charge >= 0.3 is 6.09 Å². The molecule has 3 heterocycles. The lowest BCUT2D eigenvalue weighted by atomic mass is 10.1. The second-order valence-corrected chi connectivity index (χ2v) is 4.90. The van der Waals surface area contributed by atoms with Crippen molar-refractivity contribution in [3.05, 3.63) is 54.6 Å². The van der Waals surface area contributed by atoms with Crippen molar-refractivity contribution >= 4 is 12.0 Å². The van der Waals surface area contributed by atoms with Gasteiger partial charge < -0.3 is 14.9 Å². The number of aromatic nitrogens is 4. The van der Waals surface area contributed by atoms with E-state index in [1.54, 1.807) is 35.8 Å². The predicted octanol–water partition coefficient (Wildman–Crippen LogP) is 1.84. The van der Waals surface area contributed by atoms with Crippen LogP contribution in [-0.2, 0) is 0 Å². The van der Waals surface area contributed by atoms with Gasteiger partial charge in [0.25, 0.3) is 5.91 Å². The lowest BCUT2D eigenvalue weighted by Crippen LogP contribution is -2.29. The van der Waals surface area contributed by atoms with Gasteiger partial charge in [0.2, 0.25) is 5.88 Å². The summed E-state index contributed by atoms with van der Waals surface area (Å²) in [6.07, 6.45) is 2.86. The Morgan fingerprint density at radius 3 is 2.58 bits per heavy atom. The highest BCUT2D eigenvalue weighted by molar-refractivity contribution is 6.02. The fraction of sp³-hybridized carbons (Fsp3) is 0. The zero-order valence-electron chi connectivity index (χ0n) is 13.0. The van der Waals surface area contributed by atoms with E-state index in [9.17, 15) is 14.7 Å². The lowest BCUT2D eigenvalue weighted by molar-refractivity contribution is 0.0940. The van der Waals surface area contributed by atoms with E-state index in [1.807, 2.05) is 0 Å². The molecule has 0 aromatic carbocycles. The van der Waals surface area contributed by atoms with Crippen molar-refractivity contribution in [2.75, 3.05) is 0 Å². The number of aromatic hydroxyl groups is 1. The zero-order chi connectivity index (χ0) is 18.5. The van der Waals surface area contributed by atoms with Crippen molar-refractivity contribution < 1.29 is 24.5 Å². The van der Waals surface area contributed by atoms with Crippen LogP contribution in [0, 0.1) is 0 Å². The van der Waals surface area contributed by atoms with Gasteiger partial charge in [-0.2, -0.15) is 0 Å². The number of amides is 2. The number of carbonyl (C=O) groups excluding carboxylic acids is 1. The van der Waals surface area contributed by atoms with Crippen LogP contribution >= 0.6 is 0 Å². The fourth-order valence-corrected chi connectivity index (χ4v) is 1.98. The minimum absolute atomic E-state index is 0.247. The molecule has 0 atom stereocenters. The Morgan fingerprint density at radius 1 is 1.12 bits per heavy atom. The maximum absolute atomic E-state index is 11.6. The third-order valence-electron chi connectivity index (χ3n) is 3.10. The maximum atomic E-state index is 11.6. The average molecular weight is 353 g/mol. The number of ether oxygens (including phenoxy) is 1. The van der Waals surface area contributed by atoms with Crippen LogP contribution < -0.4 is 10.1 Å². The summed E-state index contributed by atoms with van der Waals surface area (Å²) in [5, 5.41) is 27.9. The second-order valence-electron chi connectivity index (χ2n) is 4.90. The Morgan fingerprint density at radius 2 is 1.96 bits per heavy atom. The Bertz CT molecular complexity index is 947. The van der Waals surface area contributed by atoms with Crippen LogP contribution in [0.2, 0.25) is 0 Å². The normalized spacial score (nSPS) is 10.2. The van der Waals surface area contributed by atoms with Crippen molar-refractivity contribution in [1.82, 2.24) is 25.5 Å². The standard InChI is InChI=1S/C16H11N5O5/c22-12-6-9(7-18-14(12)15(23)19-16(24)25)11-3-4-13(21-20-11)26-10-2-1-5-17-8-10/h1-8,22H,(H,19,23)(H,24,25). The lowest BCUT2D eigenvalue weighted by Gasteiger charge is -2.06. The first-order chi connectivity index (χ1) is 12.5. The quantitative estimate of drug-likeness (QED) is 0.639. The third-order valence-corrected chi connectivity index (χ3v) is 3.10. The third kappa shape index (κ3) is 3.87. The van der Waals surface area contributed by atoms with Gasteiger partial charge in [0.1, 0.15) is 11.5 Å². The van der Waals surface area contributed by atoms with E-state index in [0.717, 1.165) is 0 Å². The molecule has 3 aromatic rings. The molecule has 3 aromatic heterocycles. The Hall–Kier alpha value is -4.08. The number of carboxylic acid groups (broad SMARTS) is 1. The van der Waals surface area contributed by atoms with E-state index in [4.69, 9.17) is 9.84 Å². The summed E-state index contributed by atoms with van der Waals surface area (Å²) < 4.78 is 5.47. The highest BCUT2D eigenvalue weighted by Gasteiger charge is 2.16. The van der Waals surface area contributed by atoms with E-state index in [0.29, 0.717) is 17.0 Å². The number of carbonyl (C=O) groups is 2. The SMILES string of the molecule is O=C(O)NC(=O)c1ncc(-c2ccc(Oc3cccnc3)nn2)cc1O. The minimum atomic E-state index is -1.55. The summed E-state index contributed by atoms with van der Waals surface area (Å²) in [6, 6.07) is 7.82. The first-order valence-electron chi connectivity index (χ1n) is 7.18. The van der Waals surface area contributed by atoms with E-state index in [2.05, 4.69) is 20.2 Å². The molecule has 0 spiro atoms. The molecule has 10 nitrogen and oxygen atoms in total. The van der Waals surface area contributed by atoms with E-state index >= 15 is 0 Å². The van der Waals surface area contributed by atoms with Crippen molar-refractivity contribution in [2.24, 2.45) is 0 Å². The molecular weight excluding hydrogens is 342 g/mol. The maximum Gasteiger partial charge on any atom is 0.411 e. The molecule has 3 rings (SSSR count). The first kappa shape index (κ1) is 16.8. The molecule has 3 N–H and O–H groups in total. The number of hydrogen-bond donors (Lipinski definition) is 3. The number of imide groups is 1. The van der Waals surface area contributed by atoms with Gasteiger partial charge in [-0.1, -0.05) is 0 Å². The van der Waals surface area contributed by atoms with Crippen molar-refractivity contribution in [3.63, 3.8) is 0 Å². The molecule has 130 valence electrons. The Balaban J connectivity index is 1.78. The number of nitrogens with one attached hydrogen (secondary N) is 1.